The van der Waals surface area contributed by atoms with Gasteiger partial charge in [0.1, 0.15) is 5.82 Å². The highest BCUT2D eigenvalue weighted by molar-refractivity contribution is 9.10. The minimum atomic E-state index is -0.217. The Morgan fingerprint density at radius 1 is 1.39 bits per heavy atom. The van der Waals surface area contributed by atoms with Gasteiger partial charge in [0.15, 0.2) is 0 Å². The Labute approximate surface area is 119 Å². The molecular weight excluding hydrogens is 313 g/mol. The largest absolute Gasteiger partial charge is 0.306 e. The zero-order valence-corrected chi connectivity index (χ0v) is 12.5. The molecule has 18 heavy (non-hydrogen) atoms. The summed E-state index contributed by atoms with van der Waals surface area (Å²) in [6.45, 7) is 3.07. The minimum Gasteiger partial charge on any atom is -0.306 e. The molecule has 0 aliphatic rings. The van der Waals surface area contributed by atoms with Crippen LogP contribution >= 0.6 is 27.3 Å². The molecule has 0 fully saturated rings. The van der Waals surface area contributed by atoms with Gasteiger partial charge in [0.25, 0.3) is 0 Å². The molecule has 1 N–H and O–H groups in total. The number of rotatable bonds is 5. The van der Waals surface area contributed by atoms with Gasteiger partial charge >= 0.3 is 0 Å². The molecule has 0 saturated carbocycles. The van der Waals surface area contributed by atoms with Crippen LogP contribution in [0.2, 0.25) is 0 Å². The summed E-state index contributed by atoms with van der Waals surface area (Å²) in [7, 11) is 0. The van der Waals surface area contributed by atoms with Crippen molar-refractivity contribution in [3.05, 3.63) is 56.4 Å². The number of hydrogen-bond acceptors (Lipinski definition) is 2. The maximum atomic E-state index is 13.2. The summed E-state index contributed by atoms with van der Waals surface area (Å²) in [6.07, 6.45) is 1.07. The van der Waals surface area contributed by atoms with Gasteiger partial charge in [-0.25, -0.2) is 4.39 Å². The summed E-state index contributed by atoms with van der Waals surface area (Å²) >= 11 is 5.12. The van der Waals surface area contributed by atoms with Crippen LogP contribution in [0.15, 0.2) is 39.5 Å². The molecule has 1 unspecified atom stereocenters. The SMILES string of the molecule is CCCNC(c1ccsc1)c1ccc(F)cc1Br. The summed E-state index contributed by atoms with van der Waals surface area (Å²) in [5.74, 6) is -0.217. The Kier molecular flexibility index (Phi) is 4.92. The molecule has 0 radical (unpaired) electrons. The second-order valence-electron chi connectivity index (χ2n) is 4.11. The topological polar surface area (TPSA) is 12.0 Å². The van der Waals surface area contributed by atoms with E-state index in [2.05, 4.69) is 45.0 Å². The molecule has 1 heterocycles. The van der Waals surface area contributed by atoms with Crippen molar-refractivity contribution in [3.8, 4) is 0 Å². The lowest BCUT2D eigenvalue weighted by Gasteiger charge is -2.19. The quantitative estimate of drug-likeness (QED) is 0.836. The zero-order chi connectivity index (χ0) is 13.0. The van der Waals surface area contributed by atoms with Crippen molar-refractivity contribution in [2.45, 2.75) is 19.4 Å². The van der Waals surface area contributed by atoms with E-state index in [1.165, 1.54) is 17.7 Å². The molecule has 4 heteroatoms. The Morgan fingerprint density at radius 2 is 2.22 bits per heavy atom. The van der Waals surface area contributed by atoms with Crippen molar-refractivity contribution in [3.63, 3.8) is 0 Å². The van der Waals surface area contributed by atoms with E-state index in [1.807, 2.05) is 6.07 Å². The van der Waals surface area contributed by atoms with Gasteiger partial charge in [-0.15, -0.1) is 0 Å². The fraction of sp³-hybridized carbons (Fsp3) is 0.286. The van der Waals surface area contributed by atoms with Crippen LogP contribution in [-0.2, 0) is 0 Å². The van der Waals surface area contributed by atoms with Crippen LogP contribution in [0.5, 0.6) is 0 Å². The van der Waals surface area contributed by atoms with Gasteiger partial charge < -0.3 is 5.32 Å². The fourth-order valence-electron chi connectivity index (χ4n) is 1.87. The monoisotopic (exact) mass is 327 g/mol. The number of hydrogen-bond donors (Lipinski definition) is 1. The lowest BCUT2D eigenvalue weighted by atomic mass is 10.0. The predicted octanol–water partition coefficient (Wildman–Crippen LogP) is 4.74. The Morgan fingerprint density at radius 3 is 2.83 bits per heavy atom. The van der Waals surface area contributed by atoms with Crippen LogP contribution < -0.4 is 5.32 Å². The first kappa shape index (κ1) is 13.7. The van der Waals surface area contributed by atoms with Gasteiger partial charge in [0.2, 0.25) is 0 Å². The highest BCUT2D eigenvalue weighted by atomic mass is 79.9. The molecular formula is C14H15BrFNS. The number of nitrogens with one attached hydrogen (secondary N) is 1. The van der Waals surface area contributed by atoms with Crippen molar-refractivity contribution >= 4 is 27.3 Å². The summed E-state index contributed by atoms with van der Waals surface area (Å²) in [6, 6.07) is 7.08. The van der Waals surface area contributed by atoms with E-state index >= 15 is 0 Å². The summed E-state index contributed by atoms with van der Waals surface area (Å²) in [5.41, 5.74) is 2.30. The van der Waals surface area contributed by atoms with Crippen molar-refractivity contribution in [1.82, 2.24) is 5.32 Å². The first-order valence-corrected chi connectivity index (χ1v) is 7.66. The van der Waals surface area contributed by atoms with Crippen LogP contribution in [0.4, 0.5) is 4.39 Å². The van der Waals surface area contributed by atoms with E-state index < -0.39 is 0 Å². The molecule has 1 aromatic carbocycles. The molecule has 2 aromatic rings. The third-order valence-corrected chi connectivity index (χ3v) is 4.14. The summed E-state index contributed by atoms with van der Waals surface area (Å²) in [4.78, 5) is 0. The Bertz CT molecular complexity index is 499. The molecule has 1 atom stereocenters. The van der Waals surface area contributed by atoms with Crippen LogP contribution in [0.25, 0.3) is 0 Å². The number of benzene rings is 1. The molecule has 1 nitrogen and oxygen atoms in total. The van der Waals surface area contributed by atoms with Crippen molar-refractivity contribution in [1.29, 1.82) is 0 Å². The van der Waals surface area contributed by atoms with E-state index in [9.17, 15) is 4.39 Å². The lowest BCUT2D eigenvalue weighted by Crippen LogP contribution is -2.23. The maximum Gasteiger partial charge on any atom is 0.124 e. The molecule has 2 rings (SSSR count). The molecule has 1 aromatic heterocycles. The third kappa shape index (κ3) is 3.19. The molecule has 0 aliphatic carbocycles. The van der Waals surface area contributed by atoms with Crippen molar-refractivity contribution in [2.75, 3.05) is 6.54 Å². The van der Waals surface area contributed by atoms with Crippen LogP contribution in [-0.4, -0.2) is 6.54 Å². The lowest BCUT2D eigenvalue weighted by molar-refractivity contribution is 0.592. The second-order valence-corrected chi connectivity index (χ2v) is 5.74. The van der Waals surface area contributed by atoms with Gasteiger partial charge in [-0.1, -0.05) is 28.9 Å². The standard InChI is InChI=1S/C14H15BrFNS/c1-2-6-17-14(10-5-7-18-9-10)12-4-3-11(16)8-13(12)15/h3-5,7-9,14,17H,2,6H2,1H3. The highest BCUT2D eigenvalue weighted by Gasteiger charge is 2.16. The molecule has 96 valence electrons. The number of halogens is 2. The minimum absolute atomic E-state index is 0.117. The predicted molar refractivity (Wildman–Crippen MR) is 78.6 cm³/mol. The van der Waals surface area contributed by atoms with Crippen LogP contribution in [0, 0.1) is 5.82 Å². The van der Waals surface area contributed by atoms with E-state index in [0.29, 0.717) is 0 Å². The fourth-order valence-corrected chi connectivity index (χ4v) is 3.14. The van der Waals surface area contributed by atoms with Gasteiger partial charge in [-0.3, -0.25) is 0 Å². The molecule has 0 amide bonds. The smallest absolute Gasteiger partial charge is 0.124 e. The number of thiophene rings is 1. The van der Waals surface area contributed by atoms with Crippen molar-refractivity contribution < 1.29 is 4.39 Å². The van der Waals surface area contributed by atoms with E-state index in [0.717, 1.165) is 23.0 Å². The Balaban J connectivity index is 2.33. The van der Waals surface area contributed by atoms with Crippen LogP contribution in [0.1, 0.15) is 30.5 Å². The van der Waals surface area contributed by atoms with Gasteiger partial charge in [-0.05, 0) is 53.1 Å². The van der Waals surface area contributed by atoms with Crippen LogP contribution in [0.3, 0.4) is 0 Å². The van der Waals surface area contributed by atoms with E-state index in [1.54, 1.807) is 11.3 Å². The summed E-state index contributed by atoms with van der Waals surface area (Å²) in [5, 5.41) is 7.69. The maximum absolute atomic E-state index is 13.2. The highest BCUT2D eigenvalue weighted by Crippen LogP contribution is 2.30. The van der Waals surface area contributed by atoms with Gasteiger partial charge in [0.05, 0.1) is 6.04 Å². The van der Waals surface area contributed by atoms with E-state index in [-0.39, 0.29) is 11.9 Å². The first-order valence-electron chi connectivity index (χ1n) is 5.92. The normalized spacial score (nSPS) is 12.6. The second kappa shape index (κ2) is 6.45. The Hall–Kier alpha value is -0.710. The molecule has 0 spiro atoms. The zero-order valence-electron chi connectivity index (χ0n) is 10.1. The third-order valence-electron chi connectivity index (χ3n) is 2.75. The van der Waals surface area contributed by atoms with Crippen molar-refractivity contribution in [2.24, 2.45) is 0 Å². The summed E-state index contributed by atoms with van der Waals surface area (Å²) < 4.78 is 14.0. The first-order chi connectivity index (χ1) is 8.72. The average Bonchev–Trinajstić information content (AvgIpc) is 2.85. The van der Waals surface area contributed by atoms with Gasteiger partial charge in [0, 0.05) is 4.47 Å². The average molecular weight is 328 g/mol. The van der Waals surface area contributed by atoms with Gasteiger partial charge in [-0.2, -0.15) is 11.3 Å². The van der Waals surface area contributed by atoms with E-state index in [4.69, 9.17) is 0 Å². The molecule has 0 saturated heterocycles. The molecule has 0 aliphatic heterocycles. The molecule has 0 bridgehead atoms.